The SMILES string of the molecule is CC1(C)O[C@H]2O/C(=C\C(F)(F)C(F)(F)C(F)(F)C(F)(F)C(F)(F)C(F)(F)F)[C@@H]3OC(C)(C)O[C@@H]3[C@H]2O1. The Morgan fingerprint density at radius 2 is 1.03 bits per heavy atom. The van der Waals surface area contributed by atoms with Crippen molar-refractivity contribution in [3.63, 3.8) is 0 Å². The molecule has 0 spiro atoms. The number of hydrogen-bond acceptors (Lipinski definition) is 5. The van der Waals surface area contributed by atoms with E-state index in [2.05, 4.69) is 0 Å². The number of rotatable bonds is 5. The van der Waals surface area contributed by atoms with Crippen molar-refractivity contribution in [2.75, 3.05) is 0 Å². The first-order chi connectivity index (χ1) is 15.7. The molecular formula is C18H17F13O5. The van der Waals surface area contributed by atoms with Gasteiger partial charge in [-0.1, -0.05) is 0 Å². The van der Waals surface area contributed by atoms with Gasteiger partial charge in [-0.15, -0.1) is 0 Å². The lowest BCUT2D eigenvalue weighted by atomic mass is 9.92. The monoisotopic (exact) mass is 560 g/mol. The summed E-state index contributed by atoms with van der Waals surface area (Å²) in [7, 11) is 0. The molecule has 0 unspecified atom stereocenters. The third-order valence-corrected chi connectivity index (χ3v) is 5.35. The number of hydrogen-bond donors (Lipinski definition) is 0. The summed E-state index contributed by atoms with van der Waals surface area (Å²) >= 11 is 0. The highest BCUT2D eigenvalue weighted by molar-refractivity contribution is 5.22. The van der Waals surface area contributed by atoms with Gasteiger partial charge in [0, 0.05) is 6.08 Å². The summed E-state index contributed by atoms with van der Waals surface area (Å²) in [6.07, 6.45) is -15.0. The Bertz CT molecular complexity index is 912. The van der Waals surface area contributed by atoms with Crippen molar-refractivity contribution in [2.45, 2.75) is 99.7 Å². The maximum Gasteiger partial charge on any atom is 0.460 e. The minimum absolute atomic E-state index is 1.14. The predicted molar refractivity (Wildman–Crippen MR) is 87.6 cm³/mol. The summed E-state index contributed by atoms with van der Waals surface area (Å²) in [4.78, 5) is 0. The van der Waals surface area contributed by atoms with E-state index in [1.54, 1.807) is 0 Å². The van der Waals surface area contributed by atoms with E-state index in [1.807, 2.05) is 0 Å². The number of halogens is 13. The van der Waals surface area contributed by atoms with Crippen molar-refractivity contribution in [1.82, 2.24) is 0 Å². The molecule has 36 heavy (non-hydrogen) atoms. The van der Waals surface area contributed by atoms with Gasteiger partial charge < -0.3 is 23.7 Å². The van der Waals surface area contributed by atoms with E-state index in [-0.39, 0.29) is 0 Å². The average molecular weight is 560 g/mol. The van der Waals surface area contributed by atoms with Gasteiger partial charge in [-0.05, 0) is 27.7 Å². The summed E-state index contributed by atoms with van der Waals surface area (Å²) in [6.45, 7) is 5.03. The highest BCUT2D eigenvalue weighted by Gasteiger charge is 2.90. The Balaban J connectivity index is 2.04. The number of allylic oxidation sites excluding steroid dienone is 1. The fourth-order valence-corrected chi connectivity index (χ4v) is 3.69. The van der Waals surface area contributed by atoms with Crippen LogP contribution in [-0.2, 0) is 23.7 Å². The van der Waals surface area contributed by atoms with E-state index >= 15 is 0 Å². The highest BCUT2D eigenvalue weighted by atomic mass is 19.4. The fraction of sp³-hybridized carbons (Fsp3) is 0.889. The van der Waals surface area contributed by atoms with Crippen LogP contribution in [0.15, 0.2) is 11.8 Å². The van der Waals surface area contributed by atoms with Gasteiger partial charge in [-0.25, -0.2) is 0 Å². The van der Waals surface area contributed by atoms with Crippen molar-refractivity contribution < 1.29 is 80.8 Å². The Hall–Kier alpha value is -1.53. The molecule has 3 saturated heterocycles. The molecule has 3 fully saturated rings. The predicted octanol–water partition coefficient (Wildman–Crippen LogP) is 5.64. The van der Waals surface area contributed by atoms with Gasteiger partial charge in [0.25, 0.3) is 0 Å². The van der Waals surface area contributed by atoms with Gasteiger partial charge in [-0.3, -0.25) is 0 Å². The molecule has 3 heterocycles. The first kappa shape index (κ1) is 29.0. The van der Waals surface area contributed by atoms with E-state index < -0.39 is 83.8 Å². The zero-order valence-corrected chi connectivity index (χ0v) is 18.3. The van der Waals surface area contributed by atoms with Gasteiger partial charge in [0.2, 0.25) is 6.29 Å². The molecule has 0 aromatic rings. The number of fused-ring (bicyclic) bond motifs is 3. The summed E-state index contributed by atoms with van der Waals surface area (Å²) in [5, 5.41) is 0. The van der Waals surface area contributed by atoms with Crippen LogP contribution in [0.3, 0.4) is 0 Å². The van der Waals surface area contributed by atoms with Crippen LogP contribution >= 0.6 is 0 Å². The van der Waals surface area contributed by atoms with Gasteiger partial charge in [0.1, 0.15) is 18.0 Å². The van der Waals surface area contributed by atoms with Crippen LogP contribution in [0.5, 0.6) is 0 Å². The van der Waals surface area contributed by atoms with Gasteiger partial charge >= 0.3 is 35.8 Å². The van der Waals surface area contributed by atoms with Crippen LogP contribution in [-0.4, -0.2) is 72.0 Å². The van der Waals surface area contributed by atoms with Crippen molar-refractivity contribution >= 4 is 0 Å². The molecule has 0 bridgehead atoms. The first-order valence-corrected chi connectivity index (χ1v) is 9.77. The Morgan fingerprint density at radius 3 is 1.53 bits per heavy atom. The smallest absolute Gasteiger partial charge is 0.460 e. The van der Waals surface area contributed by atoms with Crippen LogP contribution in [0.4, 0.5) is 57.1 Å². The largest absolute Gasteiger partial charge is 0.463 e. The van der Waals surface area contributed by atoms with E-state index in [0.29, 0.717) is 0 Å². The number of alkyl halides is 13. The third-order valence-electron chi connectivity index (χ3n) is 5.35. The minimum Gasteiger partial charge on any atom is -0.463 e. The van der Waals surface area contributed by atoms with Gasteiger partial charge in [-0.2, -0.15) is 57.1 Å². The molecule has 0 radical (unpaired) electrons. The first-order valence-electron chi connectivity index (χ1n) is 9.77. The molecule has 0 aliphatic carbocycles. The normalized spacial score (nSPS) is 32.3. The molecule has 0 aromatic carbocycles. The van der Waals surface area contributed by atoms with Crippen molar-refractivity contribution in [3.05, 3.63) is 11.8 Å². The van der Waals surface area contributed by atoms with Gasteiger partial charge in [0.15, 0.2) is 17.7 Å². The van der Waals surface area contributed by atoms with Crippen LogP contribution in [0, 0.1) is 0 Å². The molecule has 4 atom stereocenters. The zero-order valence-electron chi connectivity index (χ0n) is 18.3. The molecular weight excluding hydrogens is 543 g/mol. The number of ether oxygens (including phenoxy) is 5. The molecule has 5 nitrogen and oxygen atoms in total. The molecule has 3 aliphatic rings. The molecule has 0 aromatic heterocycles. The summed E-state index contributed by atoms with van der Waals surface area (Å²) < 4.78 is 201. The van der Waals surface area contributed by atoms with Crippen molar-refractivity contribution in [2.24, 2.45) is 0 Å². The summed E-state index contributed by atoms with van der Waals surface area (Å²) in [6, 6.07) is 0. The van der Waals surface area contributed by atoms with Crippen LogP contribution in [0.25, 0.3) is 0 Å². The standard InChI is InChI=1S/C18H17F13O5/c1-11(2)33-7-6(32-10-9(8(7)34-11)35-12(3,4)36-10)5-13(19,20)14(21,22)15(23,24)16(25,26)17(27,28)18(29,30)31/h5,7-10H,1-4H3/b6-5-/t7-,8-,9+,10+/m0/s1. The third kappa shape index (κ3) is 4.11. The molecule has 210 valence electrons. The van der Waals surface area contributed by atoms with Crippen molar-refractivity contribution in [1.29, 1.82) is 0 Å². The molecule has 0 N–H and O–H groups in total. The Labute approximate surface area is 193 Å². The van der Waals surface area contributed by atoms with E-state index in [9.17, 15) is 57.1 Å². The zero-order chi connectivity index (χ0) is 28.1. The highest BCUT2D eigenvalue weighted by Crippen LogP contribution is 2.61. The van der Waals surface area contributed by atoms with E-state index in [4.69, 9.17) is 23.7 Å². The Kier molecular flexibility index (Phi) is 6.25. The summed E-state index contributed by atoms with van der Waals surface area (Å²) in [5.74, 6) is -42.3. The van der Waals surface area contributed by atoms with Crippen LogP contribution in [0.2, 0.25) is 0 Å². The molecule has 18 heteroatoms. The maximum absolute atomic E-state index is 14.4. The molecule has 0 amide bonds. The lowest BCUT2D eigenvalue weighted by molar-refractivity contribution is -0.436. The Morgan fingerprint density at radius 1 is 0.583 bits per heavy atom. The van der Waals surface area contributed by atoms with Crippen molar-refractivity contribution in [3.8, 4) is 0 Å². The quantitative estimate of drug-likeness (QED) is 0.408. The molecule has 3 aliphatic heterocycles. The van der Waals surface area contributed by atoms with Crippen LogP contribution in [0.1, 0.15) is 27.7 Å². The molecule has 0 saturated carbocycles. The second-order valence-electron chi connectivity index (χ2n) is 9.07. The second kappa shape index (κ2) is 7.75. The lowest BCUT2D eigenvalue weighted by Crippen LogP contribution is -2.69. The lowest BCUT2D eigenvalue weighted by Gasteiger charge is -2.39. The van der Waals surface area contributed by atoms with E-state index in [0.717, 1.165) is 0 Å². The average Bonchev–Trinajstić information content (AvgIpc) is 3.14. The summed E-state index contributed by atoms with van der Waals surface area (Å²) in [5.41, 5.74) is 0. The second-order valence-corrected chi connectivity index (χ2v) is 9.07. The topological polar surface area (TPSA) is 46.2 Å². The molecule has 3 rings (SSSR count). The fourth-order valence-electron chi connectivity index (χ4n) is 3.69. The van der Waals surface area contributed by atoms with Crippen LogP contribution < -0.4 is 0 Å². The maximum atomic E-state index is 14.4. The van der Waals surface area contributed by atoms with Gasteiger partial charge in [0.05, 0.1) is 0 Å². The van der Waals surface area contributed by atoms with E-state index in [1.165, 1.54) is 27.7 Å². The minimum atomic E-state index is -8.01.